The molecule has 0 saturated carbocycles. The molecule has 0 bridgehead atoms. The number of hydrogen-bond donors (Lipinski definition) is 5. The third-order valence-corrected chi connectivity index (χ3v) is 6.34. The minimum atomic E-state index is -1.10. The molecule has 3 amide bonds. The van der Waals surface area contributed by atoms with E-state index in [-0.39, 0.29) is 28.9 Å². The molecule has 8 heteroatoms. The van der Waals surface area contributed by atoms with Gasteiger partial charge in [0.15, 0.2) is 6.04 Å². The van der Waals surface area contributed by atoms with Gasteiger partial charge in [-0.1, -0.05) is 32.4 Å². The van der Waals surface area contributed by atoms with Gasteiger partial charge in [-0.3, -0.25) is 14.4 Å². The van der Waals surface area contributed by atoms with E-state index < -0.39 is 23.9 Å². The van der Waals surface area contributed by atoms with E-state index in [2.05, 4.69) is 54.3 Å². The first-order valence-electron chi connectivity index (χ1n) is 11.5. The van der Waals surface area contributed by atoms with Gasteiger partial charge in [-0.05, 0) is 58.6 Å². The van der Waals surface area contributed by atoms with Gasteiger partial charge in [0.2, 0.25) is 5.91 Å². The number of carbonyl (C=O) groups excluding carboxylic acids is 3. The highest BCUT2D eigenvalue weighted by Crippen LogP contribution is 2.29. The van der Waals surface area contributed by atoms with Gasteiger partial charge in [-0.15, -0.1) is 0 Å². The van der Waals surface area contributed by atoms with Crippen LogP contribution in [0, 0.1) is 5.92 Å². The number of piperidine rings is 1. The summed E-state index contributed by atoms with van der Waals surface area (Å²) in [6, 6.07) is 5.39. The van der Waals surface area contributed by atoms with E-state index in [0.29, 0.717) is 17.8 Å². The van der Waals surface area contributed by atoms with Crippen molar-refractivity contribution < 1.29 is 14.4 Å². The van der Waals surface area contributed by atoms with Crippen LogP contribution in [0.2, 0.25) is 0 Å². The van der Waals surface area contributed by atoms with Gasteiger partial charge in [-0.25, -0.2) is 0 Å². The summed E-state index contributed by atoms with van der Waals surface area (Å²) >= 11 is 0. The van der Waals surface area contributed by atoms with Gasteiger partial charge in [0, 0.05) is 17.1 Å². The maximum Gasteiger partial charge on any atom is 0.256 e. The Morgan fingerprint density at radius 1 is 1.09 bits per heavy atom. The topological polar surface area (TPSA) is 111 Å². The molecule has 8 nitrogen and oxygen atoms in total. The summed E-state index contributed by atoms with van der Waals surface area (Å²) in [6.07, 6.45) is 2.31. The molecule has 0 spiro atoms. The molecule has 2 heterocycles. The second-order valence-electron chi connectivity index (χ2n) is 10.5. The van der Waals surface area contributed by atoms with Crippen LogP contribution in [0.4, 0.5) is 11.4 Å². The molecule has 32 heavy (non-hydrogen) atoms. The highest BCUT2D eigenvalue weighted by Gasteiger charge is 2.40. The second-order valence-corrected chi connectivity index (χ2v) is 10.5. The fourth-order valence-corrected chi connectivity index (χ4v) is 4.98. The summed E-state index contributed by atoms with van der Waals surface area (Å²) in [5.74, 6) is -1.24. The van der Waals surface area contributed by atoms with Gasteiger partial charge in [0.05, 0.1) is 11.4 Å². The molecule has 5 N–H and O–H groups in total. The largest absolute Gasteiger partial charge is 0.364 e. The number of hydrogen-bond acceptors (Lipinski definition) is 5. The fourth-order valence-electron chi connectivity index (χ4n) is 4.98. The number of benzene rings is 1. The minimum absolute atomic E-state index is 0.000175. The average molecular weight is 444 g/mol. The number of nitrogens with one attached hydrogen (secondary N) is 5. The van der Waals surface area contributed by atoms with E-state index in [9.17, 15) is 14.4 Å². The van der Waals surface area contributed by atoms with Crippen LogP contribution in [0.5, 0.6) is 0 Å². The van der Waals surface area contributed by atoms with Gasteiger partial charge in [0.1, 0.15) is 6.04 Å². The standard InChI is InChI=1S/C24H37N5O3/c1-7-14(2)18(20(30)25-15-12-23(3,4)29-24(5,6)13-15)28-22(32)19-21(31)27-17-11-9-8-10-16(17)26-19/h8-11,14-15,18-19,26,29H,7,12-13H2,1-6H3,(H,25,30)(H,27,31)(H,28,32)/t14-,18+,19-/m0/s1. The van der Waals surface area contributed by atoms with Crippen LogP contribution in [0.25, 0.3) is 0 Å². The van der Waals surface area contributed by atoms with E-state index in [0.717, 1.165) is 12.8 Å². The van der Waals surface area contributed by atoms with Crippen LogP contribution >= 0.6 is 0 Å². The van der Waals surface area contributed by atoms with Gasteiger partial charge in [0.25, 0.3) is 11.8 Å². The molecule has 176 valence electrons. The molecule has 2 aliphatic rings. The lowest BCUT2D eigenvalue weighted by atomic mass is 9.79. The highest BCUT2D eigenvalue weighted by molar-refractivity contribution is 6.16. The number of carbonyl (C=O) groups is 3. The first kappa shape index (κ1) is 24.0. The number of anilines is 2. The molecular formula is C24H37N5O3. The lowest BCUT2D eigenvalue weighted by molar-refractivity contribution is -0.133. The maximum absolute atomic E-state index is 13.3. The quantitative estimate of drug-likeness (QED) is 0.434. The monoisotopic (exact) mass is 443 g/mol. The van der Waals surface area contributed by atoms with E-state index in [4.69, 9.17) is 0 Å². The van der Waals surface area contributed by atoms with Crippen molar-refractivity contribution in [2.24, 2.45) is 5.92 Å². The highest BCUT2D eigenvalue weighted by atomic mass is 16.2. The van der Waals surface area contributed by atoms with Crippen molar-refractivity contribution >= 4 is 29.1 Å². The SMILES string of the molecule is CC[C@H](C)[C@@H](NC(=O)[C@H]1Nc2ccccc2NC1=O)C(=O)NC1CC(C)(C)NC(C)(C)C1. The Morgan fingerprint density at radius 2 is 1.69 bits per heavy atom. The normalized spacial score (nSPS) is 23.7. The summed E-state index contributed by atoms with van der Waals surface area (Å²) in [6.45, 7) is 12.4. The van der Waals surface area contributed by atoms with Crippen molar-refractivity contribution in [3.63, 3.8) is 0 Å². The molecule has 2 aliphatic heterocycles. The van der Waals surface area contributed by atoms with Crippen LogP contribution in [0.1, 0.15) is 60.8 Å². The Bertz CT molecular complexity index is 866. The van der Waals surface area contributed by atoms with Crippen molar-refractivity contribution in [3.05, 3.63) is 24.3 Å². The van der Waals surface area contributed by atoms with E-state index in [1.807, 2.05) is 26.0 Å². The smallest absolute Gasteiger partial charge is 0.256 e. The van der Waals surface area contributed by atoms with Crippen molar-refractivity contribution in [3.8, 4) is 0 Å². The first-order valence-corrected chi connectivity index (χ1v) is 11.5. The van der Waals surface area contributed by atoms with Gasteiger partial charge in [-0.2, -0.15) is 0 Å². The Kier molecular flexibility index (Phi) is 6.83. The zero-order chi connectivity index (χ0) is 23.7. The molecule has 0 aliphatic carbocycles. The van der Waals surface area contributed by atoms with Crippen molar-refractivity contribution in [2.45, 2.75) is 90.0 Å². The summed E-state index contributed by atoms with van der Waals surface area (Å²) < 4.78 is 0. The van der Waals surface area contributed by atoms with E-state index in [1.54, 1.807) is 12.1 Å². The Hall–Kier alpha value is -2.61. The lowest BCUT2D eigenvalue weighted by Gasteiger charge is -2.47. The summed E-state index contributed by atoms with van der Waals surface area (Å²) in [7, 11) is 0. The Morgan fingerprint density at radius 3 is 2.28 bits per heavy atom. The minimum Gasteiger partial charge on any atom is -0.364 e. The number of para-hydroxylation sites is 2. The number of amides is 3. The molecular weight excluding hydrogens is 406 g/mol. The van der Waals surface area contributed by atoms with E-state index in [1.165, 1.54) is 0 Å². The van der Waals surface area contributed by atoms with Gasteiger partial charge >= 0.3 is 0 Å². The molecule has 1 aromatic rings. The first-order chi connectivity index (χ1) is 14.9. The third-order valence-electron chi connectivity index (χ3n) is 6.34. The predicted molar refractivity (Wildman–Crippen MR) is 126 cm³/mol. The van der Waals surface area contributed by atoms with E-state index >= 15 is 0 Å². The van der Waals surface area contributed by atoms with Crippen LogP contribution in [0.3, 0.4) is 0 Å². The fraction of sp³-hybridized carbons (Fsp3) is 0.625. The second kappa shape index (κ2) is 9.10. The maximum atomic E-state index is 13.3. The molecule has 0 aromatic heterocycles. The third kappa shape index (κ3) is 5.59. The average Bonchev–Trinajstić information content (AvgIpc) is 2.68. The zero-order valence-electron chi connectivity index (χ0n) is 20.0. The van der Waals surface area contributed by atoms with Crippen LogP contribution in [0.15, 0.2) is 24.3 Å². The zero-order valence-corrected chi connectivity index (χ0v) is 20.0. The van der Waals surface area contributed by atoms with Gasteiger partial charge < -0.3 is 26.6 Å². The number of fused-ring (bicyclic) bond motifs is 1. The van der Waals surface area contributed by atoms with Crippen LogP contribution < -0.4 is 26.6 Å². The molecule has 3 rings (SSSR count). The predicted octanol–water partition coefficient (Wildman–Crippen LogP) is 2.38. The molecule has 1 saturated heterocycles. The van der Waals surface area contributed by atoms with Crippen molar-refractivity contribution in [1.82, 2.24) is 16.0 Å². The molecule has 3 atom stereocenters. The molecule has 1 fully saturated rings. The summed E-state index contributed by atoms with van der Waals surface area (Å²) in [4.78, 5) is 38.8. The molecule has 0 radical (unpaired) electrons. The van der Waals surface area contributed by atoms with Crippen LogP contribution in [-0.2, 0) is 14.4 Å². The summed E-state index contributed by atoms with van der Waals surface area (Å²) in [5, 5.41) is 15.4. The summed E-state index contributed by atoms with van der Waals surface area (Å²) in [5.41, 5.74) is 1.10. The van der Waals surface area contributed by atoms with Crippen molar-refractivity contribution in [2.75, 3.05) is 10.6 Å². The Balaban J connectivity index is 1.70. The molecule has 1 aromatic carbocycles. The lowest BCUT2D eigenvalue weighted by Crippen LogP contribution is -2.64. The molecule has 0 unspecified atom stereocenters. The van der Waals surface area contributed by atoms with Crippen LogP contribution in [-0.4, -0.2) is 46.9 Å². The number of rotatable bonds is 6. The Labute approximate surface area is 190 Å². The van der Waals surface area contributed by atoms with Crippen molar-refractivity contribution in [1.29, 1.82) is 0 Å².